The van der Waals surface area contributed by atoms with Gasteiger partial charge >= 0.3 is 5.97 Å². The van der Waals surface area contributed by atoms with Crippen LogP contribution < -0.4 is 0 Å². The van der Waals surface area contributed by atoms with Crippen LogP contribution in [-0.4, -0.2) is 35.0 Å². The zero-order chi connectivity index (χ0) is 15.0. The first-order chi connectivity index (χ1) is 9.60. The van der Waals surface area contributed by atoms with Gasteiger partial charge in [-0.25, -0.2) is 4.79 Å². The summed E-state index contributed by atoms with van der Waals surface area (Å²) >= 11 is 0. The summed E-state index contributed by atoms with van der Waals surface area (Å²) in [6.07, 6.45) is 4.29. The number of hydrogen-bond acceptors (Lipinski definition) is 2. The molecule has 1 rings (SSSR count). The highest BCUT2D eigenvalue weighted by molar-refractivity contribution is 6.20. The first-order valence-corrected chi connectivity index (χ1v) is 6.11. The van der Waals surface area contributed by atoms with Crippen molar-refractivity contribution in [3.05, 3.63) is 67.3 Å². The summed E-state index contributed by atoms with van der Waals surface area (Å²) in [4.78, 5) is 24.8. The van der Waals surface area contributed by atoms with Gasteiger partial charge in [0.05, 0.1) is 5.57 Å². The van der Waals surface area contributed by atoms with E-state index < -0.39 is 5.97 Å². The Balaban J connectivity index is 3.07. The average molecular weight is 271 g/mol. The van der Waals surface area contributed by atoms with Gasteiger partial charge < -0.3 is 10.0 Å². The van der Waals surface area contributed by atoms with E-state index in [0.29, 0.717) is 18.7 Å². The number of carbonyl (C=O) groups excluding carboxylic acids is 1. The molecule has 1 aromatic rings. The lowest BCUT2D eigenvalue weighted by atomic mass is 10.1. The van der Waals surface area contributed by atoms with E-state index in [2.05, 4.69) is 13.2 Å². The van der Waals surface area contributed by atoms with Gasteiger partial charge in [-0.05, 0) is 5.56 Å². The van der Waals surface area contributed by atoms with Gasteiger partial charge in [0.2, 0.25) is 5.91 Å². The predicted molar refractivity (Wildman–Crippen MR) is 79.0 cm³/mol. The molecular weight excluding hydrogens is 254 g/mol. The van der Waals surface area contributed by atoms with Crippen LogP contribution in [0.3, 0.4) is 0 Å². The standard InChI is InChI=1S/C16H17NO3/c1-3-10-17(11-4-2)15(18)12-14(16(19)20)13-8-6-5-7-9-13/h3-9,12H,1-2,10-11H2,(H,19,20). The second-order valence-electron chi connectivity index (χ2n) is 4.05. The zero-order valence-corrected chi connectivity index (χ0v) is 11.2. The summed E-state index contributed by atoms with van der Waals surface area (Å²) in [5.41, 5.74) is 0.458. The lowest BCUT2D eigenvalue weighted by molar-refractivity contribution is -0.131. The van der Waals surface area contributed by atoms with Crippen molar-refractivity contribution < 1.29 is 14.7 Å². The number of rotatable bonds is 7. The SMILES string of the molecule is C=CCN(CC=C)C(=O)C=C(C(=O)O)c1ccccc1. The smallest absolute Gasteiger partial charge is 0.336 e. The van der Waals surface area contributed by atoms with Crippen LogP contribution in [0.1, 0.15) is 5.56 Å². The second-order valence-corrected chi connectivity index (χ2v) is 4.05. The van der Waals surface area contributed by atoms with Gasteiger partial charge in [0.15, 0.2) is 0 Å². The Morgan fingerprint density at radius 2 is 1.65 bits per heavy atom. The molecule has 0 spiro atoms. The topological polar surface area (TPSA) is 57.6 Å². The molecule has 0 bridgehead atoms. The Morgan fingerprint density at radius 3 is 2.10 bits per heavy atom. The van der Waals surface area contributed by atoms with Crippen LogP contribution in [0.2, 0.25) is 0 Å². The van der Waals surface area contributed by atoms with Crippen molar-refractivity contribution in [1.29, 1.82) is 0 Å². The Kier molecular flexibility index (Phi) is 5.97. The van der Waals surface area contributed by atoms with Crippen molar-refractivity contribution in [2.45, 2.75) is 0 Å². The molecule has 0 saturated carbocycles. The number of hydrogen-bond donors (Lipinski definition) is 1. The van der Waals surface area contributed by atoms with Crippen LogP contribution in [0.4, 0.5) is 0 Å². The second kappa shape index (κ2) is 7.74. The zero-order valence-electron chi connectivity index (χ0n) is 11.2. The fourth-order valence-corrected chi connectivity index (χ4v) is 1.67. The van der Waals surface area contributed by atoms with E-state index in [1.807, 2.05) is 0 Å². The predicted octanol–water partition coefficient (Wildman–Crippen LogP) is 2.36. The molecular formula is C16H17NO3. The van der Waals surface area contributed by atoms with Crippen LogP contribution >= 0.6 is 0 Å². The van der Waals surface area contributed by atoms with Crippen LogP contribution in [0.15, 0.2) is 61.7 Å². The molecule has 0 atom stereocenters. The Hall–Kier alpha value is -2.62. The number of benzene rings is 1. The molecule has 4 nitrogen and oxygen atoms in total. The summed E-state index contributed by atoms with van der Waals surface area (Å²) in [5, 5.41) is 9.24. The maximum atomic E-state index is 12.1. The molecule has 0 fully saturated rings. The third-order valence-corrected chi connectivity index (χ3v) is 2.59. The van der Waals surface area contributed by atoms with Gasteiger partial charge in [-0.15, -0.1) is 13.2 Å². The van der Waals surface area contributed by atoms with Crippen molar-refractivity contribution in [2.75, 3.05) is 13.1 Å². The molecule has 20 heavy (non-hydrogen) atoms. The van der Waals surface area contributed by atoms with E-state index in [1.165, 1.54) is 4.90 Å². The molecule has 1 aromatic carbocycles. The highest BCUT2D eigenvalue weighted by atomic mass is 16.4. The maximum absolute atomic E-state index is 12.1. The van der Waals surface area contributed by atoms with E-state index in [1.54, 1.807) is 42.5 Å². The minimum Gasteiger partial charge on any atom is -0.478 e. The molecule has 0 aliphatic heterocycles. The summed E-state index contributed by atoms with van der Waals surface area (Å²) < 4.78 is 0. The number of aliphatic carboxylic acids is 1. The fourth-order valence-electron chi connectivity index (χ4n) is 1.67. The van der Waals surface area contributed by atoms with Crippen molar-refractivity contribution >= 4 is 17.4 Å². The lowest BCUT2D eigenvalue weighted by Gasteiger charge is -2.17. The van der Waals surface area contributed by atoms with Crippen LogP contribution in [0.25, 0.3) is 5.57 Å². The van der Waals surface area contributed by atoms with Crippen LogP contribution in [0.5, 0.6) is 0 Å². The third kappa shape index (κ3) is 4.24. The minimum atomic E-state index is -1.14. The van der Waals surface area contributed by atoms with Gasteiger partial charge in [0, 0.05) is 19.2 Å². The molecule has 0 aliphatic rings. The van der Waals surface area contributed by atoms with Gasteiger partial charge in [0.25, 0.3) is 0 Å². The van der Waals surface area contributed by atoms with Gasteiger partial charge in [-0.1, -0.05) is 42.5 Å². The average Bonchev–Trinajstić information content (AvgIpc) is 2.45. The maximum Gasteiger partial charge on any atom is 0.336 e. The van der Waals surface area contributed by atoms with E-state index in [-0.39, 0.29) is 11.5 Å². The Morgan fingerprint density at radius 1 is 1.10 bits per heavy atom. The van der Waals surface area contributed by atoms with Crippen LogP contribution in [0, 0.1) is 0 Å². The molecule has 0 heterocycles. The number of amides is 1. The molecule has 0 aromatic heterocycles. The van der Waals surface area contributed by atoms with Gasteiger partial charge in [-0.2, -0.15) is 0 Å². The summed E-state index contributed by atoms with van der Waals surface area (Å²) in [6, 6.07) is 8.54. The van der Waals surface area contributed by atoms with Crippen molar-refractivity contribution in [3.63, 3.8) is 0 Å². The van der Waals surface area contributed by atoms with Crippen molar-refractivity contribution in [1.82, 2.24) is 4.90 Å². The molecule has 1 N–H and O–H groups in total. The van der Waals surface area contributed by atoms with E-state index in [9.17, 15) is 14.7 Å². The highest BCUT2D eigenvalue weighted by Gasteiger charge is 2.15. The fraction of sp³-hybridized carbons (Fsp3) is 0.125. The first kappa shape index (κ1) is 15.4. The Bertz CT molecular complexity index is 522. The van der Waals surface area contributed by atoms with E-state index in [4.69, 9.17) is 0 Å². The molecule has 0 radical (unpaired) electrons. The molecule has 0 saturated heterocycles. The van der Waals surface area contributed by atoms with E-state index in [0.717, 1.165) is 6.08 Å². The Labute approximate surface area is 118 Å². The molecule has 104 valence electrons. The number of nitrogens with zero attached hydrogens (tertiary/aromatic N) is 1. The highest BCUT2D eigenvalue weighted by Crippen LogP contribution is 2.14. The minimum absolute atomic E-state index is 0.0336. The number of carbonyl (C=O) groups is 2. The van der Waals surface area contributed by atoms with Crippen LogP contribution in [-0.2, 0) is 9.59 Å². The lowest BCUT2D eigenvalue weighted by Crippen LogP contribution is -2.30. The summed E-state index contributed by atoms with van der Waals surface area (Å²) in [7, 11) is 0. The van der Waals surface area contributed by atoms with E-state index >= 15 is 0 Å². The van der Waals surface area contributed by atoms with Gasteiger partial charge in [-0.3, -0.25) is 4.79 Å². The largest absolute Gasteiger partial charge is 0.478 e. The monoisotopic (exact) mass is 271 g/mol. The molecule has 1 amide bonds. The van der Waals surface area contributed by atoms with Gasteiger partial charge in [0.1, 0.15) is 0 Å². The normalized spacial score (nSPS) is 10.7. The number of carboxylic acids is 1. The first-order valence-electron chi connectivity index (χ1n) is 6.11. The molecule has 4 heteroatoms. The van der Waals surface area contributed by atoms with Crippen molar-refractivity contribution in [2.24, 2.45) is 0 Å². The summed E-state index contributed by atoms with van der Waals surface area (Å²) in [6.45, 7) is 7.82. The quantitative estimate of drug-likeness (QED) is 0.612. The summed E-state index contributed by atoms with van der Waals surface area (Å²) in [5.74, 6) is -1.52. The molecule has 0 unspecified atom stereocenters. The molecule has 0 aliphatic carbocycles. The number of carboxylic acid groups (broad SMARTS) is 1. The van der Waals surface area contributed by atoms with Crippen molar-refractivity contribution in [3.8, 4) is 0 Å². The third-order valence-electron chi connectivity index (χ3n) is 2.59.